The van der Waals surface area contributed by atoms with E-state index in [4.69, 9.17) is 16.3 Å². The molecule has 0 spiro atoms. The highest BCUT2D eigenvalue weighted by Gasteiger charge is 2.22. The lowest BCUT2D eigenvalue weighted by molar-refractivity contribution is -0.113. The Morgan fingerprint density at radius 1 is 1.06 bits per heavy atom. The van der Waals surface area contributed by atoms with Gasteiger partial charge >= 0.3 is 0 Å². The largest absolute Gasteiger partial charge is 0.483 e. The maximum Gasteiger partial charge on any atom is 0.234 e. The number of ether oxygens (including phenoxy) is 1. The third-order valence-corrected chi connectivity index (χ3v) is 7.59. The topological polar surface area (TPSA) is 69.0 Å². The number of carbonyl (C=O) groups excluding carboxylic acids is 1. The molecule has 1 aromatic heterocycles. The third-order valence-electron chi connectivity index (χ3n) is 5.43. The lowest BCUT2D eigenvalue weighted by Gasteiger charge is -2.17. The van der Waals surface area contributed by atoms with E-state index in [1.165, 1.54) is 17.3 Å². The minimum absolute atomic E-state index is 0.157. The van der Waals surface area contributed by atoms with Crippen molar-refractivity contribution >= 4 is 50.9 Å². The van der Waals surface area contributed by atoms with Crippen LogP contribution >= 0.6 is 39.3 Å². The highest BCUT2D eigenvalue weighted by atomic mass is 79.9. The van der Waals surface area contributed by atoms with Crippen molar-refractivity contribution in [3.8, 4) is 11.4 Å². The number of amides is 1. The van der Waals surface area contributed by atoms with Crippen molar-refractivity contribution in [3.05, 3.63) is 93.7 Å². The Morgan fingerprint density at radius 3 is 2.44 bits per heavy atom. The van der Waals surface area contributed by atoms with Gasteiger partial charge in [-0.2, -0.15) is 0 Å². The van der Waals surface area contributed by atoms with E-state index in [0.717, 1.165) is 15.9 Å². The number of hydrogen-bond acceptors (Lipinski definition) is 5. The monoisotopic (exact) mass is 584 g/mol. The SMILES string of the molecule is CC(C)c1ccc(OC(C)c2nnc(SCC(=O)Nc3ccc(Br)c(Cl)c3)n2-c2ccccc2)cc1. The average Bonchev–Trinajstić information content (AvgIpc) is 3.30. The van der Waals surface area contributed by atoms with E-state index >= 15 is 0 Å². The summed E-state index contributed by atoms with van der Waals surface area (Å²) >= 11 is 10.8. The molecule has 0 aliphatic heterocycles. The van der Waals surface area contributed by atoms with E-state index in [1.54, 1.807) is 18.2 Å². The molecule has 0 fully saturated rings. The number of thioether (sulfide) groups is 1. The van der Waals surface area contributed by atoms with Gasteiger partial charge in [0.1, 0.15) is 5.75 Å². The highest BCUT2D eigenvalue weighted by Crippen LogP contribution is 2.29. The summed E-state index contributed by atoms with van der Waals surface area (Å²) in [7, 11) is 0. The Labute approximate surface area is 228 Å². The fraction of sp³-hybridized carbons (Fsp3) is 0.222. The molecule has 0 saturated carbocycles. The second-order valence-corrected chi connectivity index (χ2v) is 10.7. The first-order valence-electron chi connectivity index (χ1n) is 11.5. The van der Waals surface area contributed by atoms with Crippen LogP contribution in [-0.4, -0.2) is 26.4 Å². The number of benzene rings is 3. The zero-order chi connectivity index (χ0) is 25.7. The summed E-state index contributed by atoms with van der Waals surface area (Å²) in [6, 6.07) is 23.2. The number of para-hydroxylation sites is 1. The normalized spacial score (nSPS) is 11.9. The van der Waals surface area contributed by atoms with Gasteiger partial charge in [-0.3, -0.25) is 9.36 Å². The van der Waals surface area contributed by atoms with E-state index < -0.39 is 0 Å². The van der Waals surface area contributed by atoms with Crippen LogP contribution in [0, 0.1) is 0 Å². The zero-order valence-corrected chi connectivity index (χ0v) is 23.3. The Kier molecular flexibility index (Phi) is 8.72. The Morgan fingerprint density at radius 2 is 1.78 bits per heavy atom. The molecule has 6 nitrogen and oxygen atoms in total. The highest BCUT2D eigenvalue weighted by molar-refractivity contribution is 9.10. The van der Waals surface area contributed by atoms with Crippen LogP contribution in [-0.2, 0) is 4.79 Å². The molecular formula is C27H26BrClN4O2S. The van der Waals surface area contributed by atoms with Crippen LogP contribution in [0.15, 0.2) is 82.4 Å². The van der Waals surface area contributed by atoms with Crippen molar-refractivity contribution in [2.45, 2.75) is 37.9 Å². The molecule has 36 heavy (non-hydrogen) atoms. The van der Waals surface area contributed by atoms with Crippen molar-refractivity contribution in [1.82, 2.24) is 14.8 Å². The van der Waals surface area contributed by atoms with Crippen molar-refractivity contribution in [3.63, 3.8) is 0 Å². The quantitative estimate of drug-likeness (QED) is 0.204. The fourth-order valence-corrected chi connectivity index (χ4v) is 4.73. The van der Waals surface area contributed by atoms with Gasteiger partial charge in [0.25, 0.3) is 0 Å². The summed E-state index contributed by atoms with van der Waals surface area (Å²) in [6.45, 7) is 6.26. The second kappa shape index (κ2) is 12.0. The van der Waals surface area contributed by atoms with Gasteiger partial charge in [-0.1, -0.05) is 67.5 Å². The predicted molar refractivity (Wildman–Crippen MR) is 149 cm³/mol. The molecule has 4 aromatic rings. The van der Waals surface area contributed by atoms with E-state index in [1.807, 2.05) is 54.0 Å². The van der Waals surface area contributed by atoms with E-state index in [-0.39, 0.29) is 17.8 Å². The van der Waals surface area contributed by atoms with E-state index in [0.29, 0.717) is 27.6 Å². The lowest BCUT2D eigenvalue weighted by atomic mass is 10.0. The van der Waals surface area contributed by atoms with Gasteiger partial charge in [0, 0.05) is 15.8 Å². The number of hydrogen-bond donors (Lipinski definition) is 1. The molecule has 0 radical (unpaired) electrons. The van der Waals surface area contributed by atoms with Gasteiger partial charge in [-0.05, 0) is 76.8 Å². The average molecular weight is 586 g/mol. The van der Waals surface area contributed by atoms with Crippen LogP contribution in [0.1, 0.15) is 44.2 Å². The number of carbonyl (C=O) groups is 1. The number of anilines is 1. The predicted octanol–water partition coefficient (Wildman–Crippen LogP) is 7.68. The summed E-state index contributed by atoms with van der Waals surface area (Å²) in [4.78, 5) is 12.6. The standard InChI is InChI=1S/C27H26BrClN4O2S/c1-17(2)19-9-12-22(13-10-19)35-18(3)26-31-32-27(33(26)21-7-5-4-6-8-21)36-16-25(34)30-20-11-14-23(28)24(29)15-20/h4-15,17-18H,16H2,1-3H3,(H,30,34). The van der Waals surface area contributed by atoms with E-state index in [9.17, 15) is 4.79 Å². The number of nitrogens with zero attached hydrogens (tertiary/aromatic N) is 3. The first-order chi connectivity index (χ1) is 17.3. The zero-order valence-electron chi connectivity index (χ0n) is 20.1. The Hall–Kier alpha value is -2.81. The Bertz CT molecular complexity index is 1330. The molecule has 3 aromatic carbocycles. The molecule has 4 rings (SSSR count). The number of nitrogens with one attached hydrogen (secondary N) is 1. The summed E-state index contributed by atoms with van der Waals surface area (Å²) < 4.78 is 8.91. The maximum absolute atomic E-state index is 12.6. The minimum Gasteiger partial charge on any atom is -0.483 e. The summed E-state index contributed by atoms with van der Waals surface area (Å²) in [5, 5.41) is 12.8. The van der Waals surface area contributed by atoms with Crippen molar-refractivity contribution < 1.29 is 9.53 Å². The maximum atomic E-state index is 12.6. The Balaban J connectivity index is 1.51. The molecule has 1 N–H and O–H groups in total. The van der Waals surface area contributed by atoms with Crippen LogP contribution in [0.3, 0.4) is 0 Å². The molecule has 0 aliphatic rings. The van der Waals surface area contributed by atoms with Gasteiger partial charge in [0.05, 0.1) is 10.8 Å². The van der Waals surface area contributed by atoms with Gasteiger partial charge in [-0.15, -0.1) is 10.2 Å². The fourth-order valence-electron chi connectivity index (χ4n) is 3.55. The second-order valence-electron chi connectivity index (χ2n) is 8.46. The smallest absolute Gasteiger partial charge is 0.234 e. The van der Waals surface area contributed by atoms with Crippen LogP contribution < -0.4 is 10.1 Å². The van der Waals surface area contributed by atoms with Crippen molar-refractivity contribution in [2.75, 3.05) is 11.1 Å². The molecular weight excluding hydrogens is 560 g/mol. The van der Waals surface area contributed by atoms with Gasteiger partial charge < -0.3 is 10.1 Å². The molecule has 0 bridgehead atoms. The van der Waals surface area contributed by atoms with Gasteiger partial charge in [-0.25, -0.2) is 0 Å². The molecule has 1 amide bonds. The van der Waals surface area contributed by atoms with Crippen molar-refractivity contribution in [2.24, 2.45) is 0 Å². The lowest BCUT2D eigenvalue weighted by Crippen LogP contribution is -2.15. The third kappa shape index (κ3) is 6.49. The minimum atomic E-state index is -0.365. The molecule has 9 heteroatoms. The van der Waals surface area contributed by atoms with Gasteiger partial charge in [0.2, 0.25) is 5.91 Å². The molecule has 0 aliphatic carbocycles. The molecule has 0 saturated heterocycles. The molecule has 186 valence electrons. The number of halogens is 2. The number of rotatable bonds is 9. The van der Waals surface area contributed by atoms with Gasteiger partial charge in [0.15, 0.2) is 17.1 Å². The summed E-state index contributed by atoms with van der Waals surface area (Å²) in [6.07, 6.45) is -0.365. The first kappa shape index (κ1) is 26.3. The first-order valence-corrected chi connectivity index (χ1v) is 13.6. The number of aromatic nitrogens is 3. The van der Waals surface area contributed by atoms with Crippen LogP contribution in [0.2, 0.25) is 5.02 Å². The van der Waals surface area contributed by atoms with E-state index in [2.05, 4.69) is 57.4 Å². The molecule has 1 unspecified atom stereocenters. The molecule has 1 atom stereocenters. The van der Waals surface area contributed by atoms with Crippen LogP contribution in [0.25, 0.3) is 5.69 Å². The van der Waals surface area contributed by atoms with Crippen molar-refractivity contribution in [1.29, 1.82) is 0 Å². The van der Waals surface area contributed by atoms with Crippen LogP contribution in [0.4, 0.5) is 5.69 Å². The summed E-state index contributed by atoms with van der Waals surface area (Å²) in [5.41, 5.74) is 2.78. The molecule has 1 heterocycles. The van der Waals surface area contributed by atoms with Crippen LogP contribution in [0.5, 0.6) is 5.75 Å². The summed E-state index contributed by atoms with van der Waals surface area (Å²) in [5.74, 6) is 1.85.